The lowest BCUT2D eigenvalue weighted by atomic mass is 10.1. The van der Waals surface area contributed by atoms with Crippen molar-refractivity contribution in [3.05, 3.63) is 52.2 Å². The Bertz CT molecular complexity index is 988. The maximum Gasteiger partial charge on any atom is 0.416 e. The zero-order valence-corrected chi connectivity index (χ0v) is 16.4. The number of nitrogens with zero attached hydrogens (tertiary/aromatic N) is 3. The average Bonchev–Trinajstić information content (AvgIpc) is 3.05. The number of alkyl halides is 3. The standard InChI is InChI=1S/C18H16ClF5N4O2/c1-8-5-9(18(22,23)24)6-13(26-8)28-12(7-25-17(28)30)16(29)27(2)11-4-3-10(20)14(19)15(11)21/h3-6,12,17,25,30H,7H2,1-2H3/t12-,17?/m0/s1. The van der Waals surface area contributed by atoms with Gasteiger partial charge in [0.2, 0.25) is 0 Å². The zero-order chi connectivity index (χ0) is 22.4. The fourth-order valence-electron chi connectivity index (χ4n) is 3.14. The molecule has 0 radical (unpaired) electrons. The molecule has 0 spiro atoms. The molecule has 1 unspecified atom stereocenters. The van der Waals surface area contributed by atoms with Gasteiger partial charge in [0.25, 0.3) is 5.91 Å². The molecule has 0 saturated carbocycles. The summed E-state index contributed by atoms with van der Waals surface area (Å²) in [4.78, 5) is 18.8. The summed E-state index contributed by atoms with van der Waals surface area (Å²) in [6.45, 7) is 1.19. The minimum Gasteiger partial charge on any atom is -0.361 e. The van der Waals surface area contributed by atoms with Crippen molar-refractivity contribution >= 4 is 29.0 Å². The largest absolute Gasteiger partial charge is 0.416 e. The molecular weight excluding hydrogens is 435 g/mol. The molecule has 1 aliphatic heterocycles. The smallest absolute Gasteiger partial charge is 0.361 e. The van der Waals surface area contributed by atoms with Crippen LogP contribution >= 0.6 is 11.6 Å². The molecule has 1 fully saturated rings. The number of amides is 1. The lowest BCUT2D eigenvalue weighted by molar-refractivity contribution is -0.137. The first-order valence-electron chi connectivity index (χ1n) is 8.58. The van der Waals surface area contributed by atoms with Crippen LogP contribution in [-0.2, 0) is 11.0 Å². The molecule has 12 heteroatoms. The maximum atomic E-state index is 14.3. The normalized spacial score (nSPS) is 19.3. The zero-order valence-electron chi connectivity index (χ0n) is 15.6. The van der Waals surface area contributed by atoms with Gasteiger partial charge >= 0.3 is 6.18 Å². The minimum atomic E-state index is -4.66. The van der Waals surface area contributed by atoms with Crippen LogP contribution in [0.5, 0.6) is 0 Å². The number of benzene rings is 1. The molecule has 1 aromatic carbocycles. The number of aromatic nitrogens is 1. The lowest BCUT2D eigenvalue weighted by Crippen LogP contribution is -2.49. The Labute approximate surface area is 172 Å². The van der Waals surface area contributed by atoms with Crippen molar-refractivity contribution in [3.8, 4) is 0 Å². The predicted octanol–water partition coefficient (Wildman–Crippen LogP) is 3.06. The Morgan fingerprint density at radius 1 is 1.33 bits per heavy atom. The van der Waals surface area contributed by atoms with E-state index < -0.39 is 46.7 Å². The Morgan fingerprint density at radius 3 is 2.63 bits per heavy atom. The second kappa shape index (κ2) is 7.97. The third-order valence-corrected chi connectivity index (χ3v) is 4.96. The van der Waals surface area contributed by atoms with Crippen molar-refractivity contribution in [1.29, 1.82) is 0 Å². The summed E-state index contributed by atoms with van der Waals surface area (Å²) >= 11 is 5.55. The molecule has 1 aliphatic rings. The highest BCUT2D eigenvalue weighted by atomic mass is 35.5. The molecule has 1 aromatic heterocycles. The number of aliphatic hydroxyl groups is 1. The molecule has 6 nitrogen and oxygen atoms in total. The monoisotopic (exact) mass is 450 g/mol. The van der Waals surface area contributed by atoms with E-state index >= 15 is 0 Å². The molecule has 30 heavy (non-hydrogen) atoms. The van der Waals surface area contributed by atoms with Crippen molar-refractivity contribution in [2.75, 3.05) is 23.4 Å². The summed E-state index contributed by atoms with van der Waals surface area (Å²) < 4.78 is 67.2. The molecule has 1 amide bonds. The summed E-state index contributed by atoms with van der Waals surface area (Å²) in [7, 11) is 1.20. The molecule has 2 atom stereocenters. The van der Waals surface area contributed by atoms with Crippen LogP contribution in [-0.4, -0.2) is 42.0 Å². The van der Waals surface area contributed by atoms with Gasteiger partial charge in [0.15, 0.2) is 12.2 Å². The molecule has 2 aromatic rings. The van der Waals surface area contributed by atoms with Gasteiger partial charge in [-0.15, -0.1) is 0 Å². The van der Waals surface area contributed by atoms with Gasteiger partial charge in [-0.1, -0.05) is 11.6 Å². The van der Waals surface area contributed by atoms with Gasteiger partial charge in [-0.25, -0.2) is 13.8 Å². The highest BCUT2D eigenvalue weighted by Gasteiger charge is 2.41. The van der Waals surface area contributed by atoms with E-state index in [-0.39, 0.29) is 23.7 Å². The second-order valence-electron chi connectivity index (χ2n) is 6.65. The second-order valence-corrected chi connectivity index (χ2v) is 7.03. The molecule has 1 saturated heterocycles. The summed E-state index contributed by atoms with van der Waals surface area (Å²) in [6, 6.07) is 2.20. The number of likely N-dealkylation sites (N-methyl/N-ethyl adjacent to an activating group) is 1. The van der Waals surface area contributed by atoms with Crippen LogP contribution in [0.1, 0.15) is 11.3 Å². The van der Waals surface area contributed by atoms with E-state index in [1.54, 1.807) is 0 Å². The van der Waals surface area contributed by atoms with Gasteiger partial charge < -0.3 is 14.9 Å². The Morgan fingerprint density at radius 2 is 2.00 bits per heavy atom. The number of hydrogen-bond donors (Lipinski definition) is 2. The van der Waals surface area contributed by atoms with Crippen LogP contribution in [0.4, 0.5) is 33.5 Å². The van der Waals surface area contributed by atoms with Gasteiger partial charge in [-0.3, -0.25) is 10.1 Å². The third-order valence-electron chi connectivity index (χ3n) is 4.62. The van der Waals surface area contributed by atoms with E-state index in [2.05, 4.69) is 10.3 Å². The van der Waals surface area contributed by atoms with E-state index in [9.17, 15) is 31.9 Å². The Balaban J connectivity index is 1.97. The number of anilines is 2. The van der Waals surface area contributed by atoms with E-state index in [1.165, 1.54) is 14.0 Å². The molecule has 2 heterocycles. The van der Waals surface area contributed by atoms with E-state index in [4.69, 9.17) is 11.6 Å². The van der Waals surface area contributed by atoms with Crippen LogP contribution in [0.25, 0.3) is 0 Å². The molecule has 162 valence electrons. The van der Waals surface area contributed by atoms with E-state index in [0.29, 0.717) is 6.07 Å². The summed E-state index contributed by atoms with van der Waals surface area (Å²) in [5.41, 5.74) is -1.31. The van der Waals surface area contributed by atoms with Crippen LogP contribution in [0.3, 0.4) is 0 Å². The van der Waals surface area contributed by atoms with Crippen molar-refractivity contribution in [2.45, 2.75) is 25.5 Å². The third kappa shape index (κ3) is 4.05. The van der Waals surface area contributed by atoms with Crippen molar-refractivity contribution in [2.24, 2.45) is 0 Å². The topological polar surface area (TPSA) is 68.7 Å². The van der Waals surface area contributed by atoms with Gasteiger partial charge in [0.1, 0.15) is 22.7 Å². The fourth-order valence-corrected chi connectivity index (χ4v) is 3.30. The number of hydrogen-bond acceptors (Lipinski definition) is 5. The predicted molar refractivity (Wildman–Crippen MR) is 99.0 cm³/mol. The number of carbonyl (C=O) groups excluding carboxylic acids is 1. The first-order valence-corrected chi connectivity index (χ1v) is 8.96. The molecule has 2 N–H and O–H groups in total. The quantitative estimate of drug-likeness (QED) is 0.556. The SMILES string of the molecule is Cc1cc(C(F)(F)F)cc(N2C(O)NC[C@H]2C(=O)N(C)c2ccc(F)c(Cl)c2F)n1. The number of rotatable bonds is 3. The summed E-state index contributed by atoms with van der Waals surface area (Å²) in [5.74, 6) is -3.25. The highest BCUT2D eigenvalue weighted by Crippen LogP contribution is 2.34. The fraction of sp³-hybridized carbons (Fsp3) is 0.333. The number of nitrogens with one attached hydrogen (secondary N) is 1. The first kappa shape index (κ1) is 22.2. The van der Waals surface area contributed by atoms with Gasteiger partial charge in [0.05, 0.1) is 11.3 Å². The Kier molecular flexibility index (Phi) is 5.89. The van der Waals surface area contributed by atoms with Crippen LogP contribution < -0.4 is 15.1 Å². The lowest BCUT2D eigenvalue weighted by Gasteiger charge is -2.30. The molecule has 0 bridgehead atoms. The Hall–Kier alpha value is -2.50. The maximum absolute atomic E-state index is 14.3. The number of halogens is 6. The van der Waals surface area contributed by atoms with E-state index in [0.717, 1.165) is 28.0 Å². The number of aliphatic hydroxyl groups excluding tert-OH is 1. The highest BCUT2D eigenvalue weighted by molar-refractivity contribution is 6.31. The van der Waals surface area contributed by atoms with Crippen molar-refractivity contribution in [3.63, 3.8) is 0 Å². The van der Waals surface area contributed by atoms with E-state index in [1.807, 2.05) is 0 Å². The first-order chi connectivity index (χ1) is 13.9. The molecular formula is C18H16ClF5N4O2. The van der Waals surface area contributed by atoms with Crippen molar-refractivity contribution < 1.29 is 31.9 Å². The number of carbonyl (C=O) groups is 1. The minimum absolute atomic E-state index is 0.0230. The molecule has 0 aliphatic carbocycles. The average molecular weight is 451 g/mol. The van der Waals surface area contributed by atoms with Crippen LogP contribution in [0.2, 0.25) is 5.02 Å². The summed E-state index contributed by atoms with van der Waals surface area (Å²) in [6.07, 6.45) is -6.17. The number of aryl methyl sites for hydroxylation is 1. The van der Waals surface area contributed by atoms with Crippen LogP contribution in [0.15, 0.2) is 24.3 Å². The number of pyridine rings is 1. The van der Waals surface area contributed by atoms with Crippen LogP contribution in [0, 0.1) is 18.6 Å². The van der Waals surface area contributed by atoms with Gasteiger partial charge in [-0.05, 0) is 31.2 Å². The van der Waals surface area contributed by atoms with Gasteiger partial charge in [-0.2, -0.15) is 13.2 Å². The molecule has 3 rings (SSSR count). The summed E-state index contributed by atoms with van der Waals surface area (Å²) in [5, 5.41) is 12.0. The van der Waals surface area contributed by atoms with Gasteiger partial charge in [0, 0.05) is 19.3 Å². The van der Waals surface area contributed by atoms with Crippen molar-refractivity contribution in [1.82, 2.24) is 10.3 Å².